The molecule has 3 heteroatoms. The molecule has 0 spiro atoms. The zero-order valence-corrected chi connectivity index (χ0v) is 9.71. The molecule has 1 aromatic carbocycles. The van der Waals surface area contributed by atoms with Gasteiger partial charge in [-0.25, -0.2) is 0 Å². The number of likely N-dealkylation sites (N-methyl/N-ethyl adjacent to an activating group) is 1. The topological polar surface area (TPSA) is 3.24 Å². The summed E-state index contributed by atoms with van der Waals surface area (Å²) < 4.78 is 1.15. The van der Waals surface area contributed by atoms with E-state index in [1.54, 1.807) is 0 Å². The Hall–Kier alpha value is -0.275. The van der Waals surface area contributed by atoms with Gasteiger partial charge in [0.2, 0.25) is 0 Å². The lowest BCUT2D eigenvalue weighted by Gasteiger charge is -2.08. The lowest BCUT2D eigenvalue weighted by molar-refractivity contribution is 0.413. The summed E-state index contributed by atoms with van der Waals surface area (Å²) in [5, 5.41) is 0. The second-order valence-corrected chi connectivity index (χ2v) is 4.10. The molecule has 1 rings (SSSR count). The van der Waals surface area contributed by atoms with Gasteiger partial charge in [-0.3, -0.25) is 0 Å². The van der Waals surface area contributed by atoms with Crippen LogP contribution in [-0.2, 0) is 6.42 Å². The van der Waals surface area contributed by atoms with Gasteiger partial charge in [0.1, 0.15) is 0 Å². The fraction of sp³-hybridized carbons (Fsp3) is 0.400. The average Bonchev–Trinajstić information content (AvgIpc) is 2.03. The monoisotopic (exact) mass is 238 g/mol. The molecule has 0 saturated carbocycles. The van der Waals surface area contributed by atoms with Crippen molar-refractivity contribution in [3.63, 3.8) is 0 Å². The molecule has 3 radical (unpaired) electrons. The second-order valence-electron chi connectivity index (χ2n) is 3.18. The molecule has 69 valence electrons. The molecule has 13 heavy (non-hydrogen) atoms. The number of benzene rings is 1. The van der Waals surface area contributed by atoms with Crippen molar-refractivity contribution in [3.05, 3.63) is 34.3 Å². The van der Waals surface area contributed by atoms with E-state index in [2.05, 4.69) is 59.2 Å². The summed E-state index contributed by atoms with van der Waals surface area (Å²) in [4.78, 5) is 2.20. The highest BCUT2D eigenvalue weighted by molar-refractivity contribution is 9.10. The van der Waals surface area contributed by atoms with E-state index in [1.165, 1.54) is 5.56 Å². The van der Waals surface area contributed by atoms with Gasteiger partial charge in [-0.1, -0.05) is 28.1 Å². The number of nitrogens with zero attached hydrogens (tertiary/aromatic N) is 1. The van der Waals surface area contributed by atoms with Crippen molar-refractivity contribution in [1.82, 2.24) is 4.90 Å². The van der Waals surface area contributed by atoms with Gasteiger partial charge in [-0.2, -0.15) is 0 Å². The fourth-order valence-corrected chi connectivity index (χ4v) is 1.27. The summed E-state index contributed by atoms with van der Waals surface area (Å²) in [6, 6.07) is 8.50. The normalized spacial score (nSPS) is 9.85. The van der Waals surface area contributed by atoms with Crippen LogP contribution in [0, 0.1) is 0 Å². The van der Waals surface area contributed by atoms with E-state index in [4.69, 9.17) is 0 Å². The van der Waals surface area contributed by atoms with Crippen LogP contribution in [-0.4, -0.2) is 34.0 Å². The van der Waals surface area contributed by atoms with Gasteiger partial charge in [0.15, 0.2) is 0 Å². The molecule has 1 aromatic rings. The third kappa shape index (κ3) is 5.11. The van der Waals surface area contributed by atoms with Crippen LogP contribution in [0.4, 0.5) is 0 Å². The van der Waals surface area contributed by atoms with Crippen molar-refractivity contribution in [2.45, 2.75) is 6.42 Å². The molecule has 0 fully saturated rings. The number of rotatable bonds is 3. The van der Waals surface area contributed by atoms with E-state index >= 15 is 0 Å². The standard InChI is InChI=1S/C10H14BrN.B/c1-12(2)8-7-9-3-5-10(11)6-4-9;/h3-6H,7-8H2,1-2H3;. The number of hydrogen-bond donors (Lipinski definition) is 0. The summed E-state index contributed by atoms with van der Waals surface area (Å²) in [6.07, 6.45) is 1.13. The van der Waals surface area contributed by atoms with Gasteiger partial charge in [-0.05, 0) is 38.2 Å². The maximum atomic E-state index is 3.42. The molecule has 0 aliphatic heterocycles. The molecule has 0 aliphatic rings. The predicted molar refractivity (Wildman–Crippen MR) is 62.2 cm³/mol. The highest BCUT2D eigenvalue weighted by Crippen LogP contribution is 2.10. The van der Waals surface area contributed by atoms with Gasteiger partial charge < -0.3 is 4.90 Å². The van der Waals surface area contributed by atoms with Crippen LogP contribution >= 0.6 is 15.9 Å². The summed E-state index contributed by atoms with van der Waals surface area (Å²) in [5.41, 5.74) is 1.40. The SMILES string of the molecule is CN(C)CCc1ccc(Br)cc1.[B]. The molecular formula is C10H14BBrN. The molecule has 0 heterocycles. The Morgan fingerprint density at radius 2 is 1.69 bits per heavy atom. The average molecular weight is 239 g/mol. The smallest absolute Gasteiger partial charge is 0.0175 e. The van der Waals surface area contributed by atoms with E-state index < -0.39 is 0 Å². The first-order valence-electron chi connectivity index (χ1n) is 4.07. The molecule has 0 amide bonds. The van der Waals surface area contributed by atoms with Crippen LogP contribution in [0.3, 0.4) is 0 Å². The van der Waals surface area contributed by atoms with Crippen molar-refractivity contribution in [2.75, 3.05) is 20.6 Å². The molecular weight excluding hydrogens is 225 g/mol. The van der Waals surface area contributed by atoms with Gasteiger partial charge in [0, 0.05) is 19.4 Å². The maximum Gasteiger partial charge on any atom is 0.0175 e. The van der Waals surface area contributed by atoms with Crippen LogP contribution in [0.5, 0.6) is 0 Å². The largest absolute Gasteiger partial charge is 0.309 e. The molecule has 0 saturated heterocycles. The summed E-state index contributed by atoms with van der Waals surface area (Å²) in [5.74, 6) is 0. The second kappa shape index (κ2) is 6.22. The molecule has 0 bridgehead atoms. The Kier molecular flexibility index (Phi) is 6.09. The Labute approximate surface area is 90.8 Å². The maximum absolute atomic E-state index is 3.42. The van der Waals surface area contributed by atoms with E-state index in [0.717, 1.165) is 17.4 Å². The Bertz CT molecular complexity index is 233. The fourth-order valence-electron chi connectivity index (χ4n) is 1.00. The molecule has 0 unspecified atom stereocenters. The quantitative estimate of drug-likeness (QED) is 0.730. The minimum atomic E-state index is 0. The van der Waals surface area contributed by atoms with E-state index in [1.807, 2.05) is 0 Å². The third-order valence-electron chi connectivity index (χ3n) is 1.76. The van der Waals surface area contributed by atoms with Gasteiger partial charge >= 0.3 is 0 Å². The highest BCUT2D eigenvalue weighted by Gasteiger charge is 1.93. The first-order valence-corrected chi connectivity index (χ1v) is 4.87. The van der Waals surface area contributed by atoms with E-state index in [-0.39, 0.29) is 8.41 Å². The molecule has 0 atom stereocenters. The lowest BCUT2D eigenvalue weighted by Crippen LogP contribution is -2.14. The van der Waals surface area contributed by atoms with Crippen molar-refractivity contribution in [2.24, 2.45) is 0 Å². The van der Waals surface area contributed by atoms with Crippen molar-refractivity contribution in [3.8, 4) is 0 Å². The van der Waals surface area contributed by atoms with Gasteiger partial charge in [0.25, 0.3) is 0 Å². The Morgan fingerprint density at radius 1 is 1.15 bits per heavy atom. The minimum absolute atomic E-state index is 0. The zero-order chi connectivity index (χ0) is 8.97. The first kappa shape index (κ1) is 12.7. The summed E-state index contributed by atoms with van der Waals surface area (Å²) >= 11 is 3.42. The highest BCUT2D eigenvalue weighted by atomic mass is 79.9. The predicted octanol–water partition coefficient (Wildman–Crippen LogP) is 2.17. The minimum Gasteiger partial charge on any atom is -0.309 e. The van der Waals surface area contributed by atoms with Crippen LogP contribution in [0.1, 0.15) is 5.56 Å². The third-order valence-corrected chi connectivity index (χ3v) is 2.29. The van der Waals surface area contributed by atoms with Crippen LogP contribution in [0.2, 0.25) is 0 Å². The van der Waals surface area contributed by atoms with Crippen LogP contribution < -0.4 is 0 Å². The number of halogens is 1. The van der Waals surface area contributed by atoms with Crippen molar-refractivity contribution >= 4 is 24.3 Å². The van der Waals surface area contributed by atoms with E-state index in [0.29, 0.717) is 0 Å². The van der Waals surface area contributed by atoms with Gasteiger partial charge in [0.05, 0.1) is 0 Å². The molecule has 0 N–H and O–H groups in total. The summed E-state index contributed by atoms with van der Waals surface area (Å²) in [7, 11) is 4.19. The zero-order valence-electron chi connectivity index (χ0n) is 8.13. The van der Waals surface area contributed by atoms with Crippen LogP contribution in [0.15, 0.2) is 28.7 Å². The summed E-state index contributed by atoms with van der Waals surface area (Å²) in [6.45, 7) is 1.11. The Balaban J connectivity index is 0.00000144. The Morgan fingerprint density at radius 3 is 2.15 bits per heavy atom. The lowest BCUT2D eigenvalue weighted by atomic mass is 10.1. The molecule has 1 nitrogen and oxygen atoms in total. The van der Waals surface area contributed by atoms with Gasteiger partial charge in [-0.15, -0.1) is 0 Å². The van der Waals surface area contributed by atoms with Crippen molar-refractivity contribution in [1.29, 1.82) is 0 Å². The number of hydrogen-bond acceptors (Lipinski definition) is 1. The molecule has 0 aromatic heterocycles. The molecule has 0 aliphatic carbocycles. The van der Waals surface area contributed by atoms with Crippen LogP contribution in [0.25, 0.3) is 0 Å². The van der Waals surface area contributed by atoms with E-state index in [9.17, 15) is 0 Å². The first-order chi connectivity index (χ1) is 5.68. The van der Waals surface area contributed by atoms with Crippen molar-refractivity contribution < 1.29 is 0 Å².